The Morgan fingerprint density at radius 3 is 2.57 bits per heavy atom. The molecule has 21 heavy (non-hydrogen) atoms. The van der Waals surface area contributed by atoms with Crippen molar-refractivity contribution in [3.05, 3.63) is 52.7 Å². The van der Waals surface area contributed by atoms with E-state index in [1.165, 1.54) is 0 Å². The molecule has 0 amide bonds. The van der Waals surface area contributed by atoms with Gasteiger partial charge in [-0.3, -0.25) is 0 Å². The lowest BCUT2D eigenvalue weighted by Gasteiger charge is -2.23. The Hall–Kier alpha value is -2.56. The third-order valence-electron chi connectivity index (χ3n) is 3.40. The van der Waals surface area contributed by atoms with Gasteiger partial charge in [0.05, 0.1) is 5.56 Å². The smallest absolute Gasteiger partial charge is 0.174 e. The van der Waals surface area contributed by atoms with Crippen LogP contribution in [0.2, 0.25) is 0 Å². The molecule has 5 heteroatoms. The van der Waals surface area contributed by atoms with E-state index in [0.29, 0.717) is 11.4 Å². The summed E-state index contributed by atoms with van der Waals surface area (Å²) in [7, 11) is 1.92. The topological polar surface area (TPSA) is 74.7 Å². The number of aromatic nitrogens is 1. The van der Waals surface area contributed by atoms with Gasteiger partial charge in [-0.15, -0.1) is 0 Å². The minimum atomic E-state index is 0.0644. The van der Waals surface area contributed by atoms with Crippen LogP contribution in [-0.2, 0) is 0 Å². The first-order valence-corrected chi connectivity index (χ1v) is 6.70. The molecule has 1 heterocycles. The summed E-state index contributed by atoms with van der Waals surface area (Å²) < 4.78 is 0. The van der Waals surface area contributed by atoms with Gasteiger partial charge >= 0.3 is 0 Å². The maximum atomic E-state index is 9.02. The summed E-state index contributed by atoms with van der Waals surface area (Å²) in [5.41, 5.74) is 10.4. The zero-order valence-electron chi connectivity index (χ0n) is 12.8. The summed E-state index contributed by atoms with van der Waals surface area (Å²) in [5, 5.41) is 12.2. The van der Waals surface area contributed by atoms with Crippen molar-refractivity contribution in [2.45, 2.75) is 20.8 Å². The van der Waals surface area contributed by atoms with E-state index >= 15 is 0 Å². The van der Waals surface area contributed by atoms with Gasteiger partial charge in [-0.25, -0.2) is 4.98 Å². The van der Waals surface area contributed by atoms with Crippen LogP contribution in [-0.4, -0.2) is 23.1 Å². The maximum Gasteiger partial charge on any atom is 0.174 e. The monoisotopic (exact) mass is 284 g/mol. The molecule has 0 aliphatic rings. The van der Waals surface area contributed by atoms with Crippen LogP contribution in [0, 0.1) is 20.8 Å². The summed E-state index contributed by atoms with van der Waals surface area (Å²) >= 11 is 0. The van der Waals surface area contributed by atoms with Crippen molar-refractivity contribution in [1.29, 1.82) is 0 Å². The number of pyridine rings is 1. The average molecular weight is 284 g/mol. The standard InChI is InChI=1S/C16H20N4O/c1-10-6-5-7-13(8-10)20(4)16-14(15(17)19-21)11(2)9-12(3)18-16/h5-9,21H,1-4H3,(H2,17,19). The van der Waals surface area contributed by atoms with Crippen molar-refractivity contribution < 1.29 is 5.21 Å². The minimum Gasteiger partial charge on any atom is -0.409 e. The minimum absolute atomic E-state index is 0.0644. The SMILES string of the molecule is Cc1cccc(N(C)c2nc(C)cc(C)c2C(N)=NO)c1. The normalized spacial score (nSPS) is 11.5. The second-order valence-corrected chi connectivity index (χ2v) is 5.16. The number of hydrogen-bond donors (Lipinski definition) is 2. The van der Waals surface area contributed by atoms with Crippen molar-refractivity contribution in [2.24, 2.45) is 10.9 Å². The average Bonchev–Trinajstić information content (AvgIpc) is 2.45. The second-order valence-electron chi connectivity index (χ2n) is 5.16. The van der Waals surface area contributed by atoms with E-state index in [1.807, 2.05) is 57.0 Å². The van der Waals surface area contributed by atoms with Crippen LogP contribution < -0.4 is 10.6 Å². The van der Waals surface area contributed by atoms with E-state index in [-0.39, 0.29) is 5.84 Å². The van der Waals surface area contributed by atoms with E-state index in [0.717, 1.165) is 22.5 Å². The van der Waals surface area contributed by atoms with E-state index in [2.05, 4.69) is 16.2 Å². The molecule has 2 aromatic rings. The highest BCUT2D eigenvalue weighted by Gasteiger charge is 2.17. The summed E-state index contributed by atoms with van der Waals surface area (Å²) in [6.07, 6.45) is 0. The lowest BCUT2D eigenvalue weighted by Crippen LogP contribution is -2.22. The Morgan fingerprint density at radius 1 is 1.24 bits per heavy atom. The largest absolute Gasteiger partial charge is 0.409 e. The van der Waals surface area contributed by atoms with Gasteiger partial charge in [0.25, 0.3) is 0 Å². The molecular formula is C16H20N4O. The molecule has 0 aliphatic heterocycles. The molecule has 0 aliphatic carbocycles. The summed E-state index contributed by atoms with van der Waals surface area (Å²) in [4.78, 5) is 6.51. The molecule has 110 valence electrons. The van der Waals surface area contributed by atoms with Crippen molar-refractivity contribution in [2.75, 3.05) is 11.9 Å². The fourth-order valence-electron chi connectivity index (χ4n) is 2.39. The molecule has 0 atom stereocenters. The first-order chi connectivity index (χ1) is 9.93. The number of oxime groups is 1. The number of nitrogens with zero attached hydrogens (tertiary/aromatic N) is 3. The fraction of sp³-hybridized carbons (Fsp3) is 0.250. The lowest BCUT2D eigenvalue weighted by atomic mass is 10.1. The molecule has 0 saturated carbocycles. The van der Waals surface area contributed by atoms with Crippen molar-refractivity contribution in [3.8, 4) is 0 Å². The number of amidine groups is 1. The Labute approximate surface area is 124 Å². The number of aryl methyl sites for hydroxylation is 3. The van der Waals surface area contributed by atoms with Gasteiger partial charge in [0.1, 0.15) is 5.82 Å². The number of hydrogen-bond acceptors (Lipinski definition) is 4. The van der Waals surface area contributed by atoms with Crippen molar-refractivity contribution in [1.82, 2.24) is 4.98 Å². The number of anilines is 2. The van der Waals surface area contributed by atoms with Gasteiger partial charge in [-0.05, 0) is 50.1 Å². The molecule has 1 aromatic carbocycles. The van der Waals surface area contributed by atoms with Gasteiger partial charge in [-0.1, -0.05) is 17.3 Å². The number of benzene rings is 1. The molecule has 0 radical (unpaired) electrons. The molecule has 1 aromatic heterocycles. The van der Waals surface area contributed by atoms with Gasteiger partial charge in [0, 0.05) is 18.4 Å². The Bertz CT molecular complexity index is 695. The van der Waals surface area contributed by atoms with Gasteiger partial charge < -0.3 is 15.8 Å². The molecular weight excluding hydrogens is 264 g/mol. The van der Waals surface area contributed by atoms with E-state index in [9.17, 15) is 0 Å². The highest BCUT2D eigenvalue weighted by atomic mass is 16.4. The van der Waals surface area contributed by atoms with E-state index in [4.69, 9.17) is 10.9 Å². The fourth-order valence-corrected chi connectivity index (χ4v) is 2.39. The molecule has 0 saturated heterocycles. The van der Waals surface area contributed by atoms with Crippen LogP contribution >= 0.6 is 0 Å². The zero-order chi connectivity index (χ0) is 15.6. The second kappa shape index (κ2) is 5.83. The lowest BCUT2D eigenvalue weighted by molar-refractivity contribution is 0.318. The summed E-state index contributed by atoms with van der Waals surface area (Å²) in [6.45, 7) is 5.89. The quantitative estimate of drug-likeness (QED) is 0.393. The van der Waals surface area contributed by atoms with Crippen LogP contribution in [0.25, 0.3) is 0 Å². The van der Waals surface area contributed by atoms with Crippen molar-refractivity contribution in [3.63, 3.8) is 0 Å². The first kappa shape index (κ1) is 14.8. The van der Waals surface area contributed by atoms with Crippen molar-refractivity contribution >= 4 is 17.3 Å². The number of rotatable bonds is 3. The molecule has 2 rings (SSSR count). The third kappa shape index (κ3) is 2.97. The van der Waals surface area contributed by atoms with E-state index < -0.39 is 0 Å². The molecule has 3 N–H and O–H groups in total. The predicted octanol–water partition coefficient (Wildman–Crippen LogP) is 2.87. The van der Waals surface area contributed by atoms with Gasteiger partial charge in [0.2, 0.25) is 0 Å². The third-order valence-corrected chi connectivity index (χ3v) is 3.40. The van der Waals surface area contributed by atoms with Gasteiger partial charge in [0.15, 0.2) is 5.84 Å². The van der Waals surface area contributed by atoms with Crippen LogP contribution in [0.4, 0.5) is 11.5 Å². The van der Waals surface area contributed by atoms with Crippen LogP contribution in [0.1, 0.15) is 22.4 Å². The zero-order valence-corrected chi connectivity index (χ0v) is 12.8. The molecule has 0 spiro atoms. The van der Waals surface area contributed by atoms with Crippen LogP contribution in [0.15, 0.2) is 35.5 Å². The summed E-state index contributed by atoms with van der Waals surface area (Å²) in [6, 6.07) is 10.0. The molecule has 5 nitrogen and oxygen atoms in total. The Kier molecular flexibility index (Phi) is 4.12. The number of nitrogens with two attached hydrogens (primary N) is 1. The van der Waals surface area contributed by atoms with E-state index in [1.54, 1.807) is 0 Å². The molecule has 0 fully saturated rings. The van der Waals surface area contributed by atoms with Crippen LogP contribution in [0.3, 0.4) is 0 Å². The van der Waals surface area contributed by atoms with Crippen LogP contribution in [0.5, 0.6) is 0 Å². The summed E-state index contributed by atoms with van der Waals surface area (Å²) in [5.74, 6) is 0.739. The highest BCUT2D eigenvalue weighted by molar-refractivity contribution is 6.03. The first-order valence-electron chi connectivity index (χ1n) is 6.70. The van der Waals surface area contributed by atoms with Gasteiger partial charge in [-0.2, -0.15) is 0 Å². The molecule has 0 unspecified atom stereocenters. The highest BCUT2D eigenvalue weighted by Crippen LogP contribution is 2.28. The Balaban J connectivity index is 2.62. The maximum absolute atomic E-state index is 9.02. The Morgan fingerprint density at radius 2 is 1.95 bits per heavy atom. The molecule has 0 bridgehead atoms. The predicted molar refractivity (Wildman–Crippen MR) is 85.5 cm³/mol.